The predicted molar refractivity (Wildman–Crippen MR) is 81.8 cm³/mol. The van der Waals surface area contributed by atoms with Crippen LogP contribution in [0.5, 0.6) is 5.75 Å². The lowest BCUT2D eigenvalue weighted by molar-refractivity contribution is 0.294. The van der Waals surface area contributed by atoms with Crippen LogP contribution in [-0.2, 0) is 6.54 Å². The normalized spacial score (nSPS) is 11.0. The molecule has 21 heavy (non-hydrogen) atoms. The molecule has 0 spiro atoms. The summed E-state index contributed by atoms with van der Waals surface area (Å²) in [5, 5.41) is 0.623. The maximum Gasteiger partial charge on any atom is 0.263 e. The van der Waals surface area contributed by atoms with Gasteiger partial charge in [-0.3, -0.25) is 9.36 Å². The highest BCUT2D eigenvalue weighted by atomic mass is 16.5. The van der Waals surface area contributed by atoms with E-state index in [1.54, 1.807) is 4.57 Å². The number of nitrogens with zero attached hydrogens (tertiary/aromatic N) is 2. The maximum absolute atomic E-state index is 12.5. The molecule has 1 aromatic carbocycles. The molecule has 0 aliphatic heterocycles. The monoisotopic (exact) mass is 283 g/mol. The SMILES string of the molecule is Cc1cc2c(=O)n(CCOc3ccccc3)c(C)nc2[nH]1. The van der Waals surface area contributed by atoms with Crippen molar-refractivity contribution < 1.29 is 4.74 Å². The van der Waals surface area contributed by atoms with Crippen molar-refractivity contribution in [3.05, 3.63) is 58.3 Å². The van der Waals surface area contributed by atoms with E-state index in [0.29, 0.717) is 30.0 Å². The van der Waals surface area contributed by atoms with Crippen LogP contribution in [0.2, 0.25) is 0 Å². The Morgan fingerprint density at radius 3 is 2.76 bits per heavy atom. The van der Waals surface area contributed by atoms with Crippen LogP contribution >= 0.6 is 0 Å². The quantitative estimate of drug-likeness (QED) is 0.800. The zero-order valence-electron chi connectivity index (χ0n) is 12.1. The zero-order chi connectivity index (χ0) is 14.8. The van der Waals surface area contributed by atoms with Crippen LogP contribution in [0, 0.1) is 13.8 Å². The molecular weight excluding hydrogens is 266 g/mol. The Kier molecular flexibility index (Phi) is 3.48. The van der Waals surface area contributed by atoms with Crippen molar-refractivity contribution in [2.24, 2.45) is 0 Å². The van der Waals surface area contributed by atoms with Gasteiger partial charge in [0.25, 0.3) is 5.56 Å². The summed E-state index contributed by atoms with van der Waals surface area (Å²) in [6.07, 6.45) is 0. The second-order valence-corrected chi connectivity index (χ2v) is 4.99. The third-order valence-corrected chi connectivity index (χ3v) is 3.40. The number of aromatic amines is 1. The summed E-state index contributed by atoms with van der Waals surface area (Å²) in [5.41, 5.74) is 1.56. The minimum absolute atomic E-state index is 0.0292. The summed E-state index contributed by atoms with van der Waals surface area (Å²) in [5.74, 6) is 1.49. The molecular formula is C16H17N3O2. The molecule has 0 unspecified atom stereocenters. The molecule has 0 radical (unpaired) electrons. The van der Waals surface area contributed by atoms with E-state index in [4.69, 9.17) is 4.74 Å². The first-order valence-electron chi connectivity index (χ1n) is 6.90. The molecule has 5 heteroatoms. The second-order valence-electron chi connectivity index (χ2n) is 4.99. The van der Waals surface area contributed by atoms with Gasteiger partial charge in [0, 0.05) is 5.69 Å². The number of ether oxygens (including phenoxy) is 1. The first kappa shape index (κ1) is 13.4. The fraction of sp³-hybridized carbons (Fsp3) is 0.250. The topological polar surface area (TPSA) is 59.9 Å². The van der Waals surface area contributed by atoms with Crippen LogP contribution in [-0.4, -0.2) is 21.1 Å². The van der Waals surface area contributed by atoms with Crippen molar-refractivity contribution in [3.8, 4) is 5.75 Å². The van der Waals surface area contributed by atoms with Gasteiger partial charge in [-0.05, 0) is 32.0 Å². The van der Waals surface area contributed by atoms with E-state index in [0.717, 1.165) is 11.4 Å². The second kappa shape index (κ2) is 5.44. The third-order valence-electron chi connectivity index (χ3n) is 3.40. The van der Waals surface area contributed by atoms with E-state index in [2.05, 4.69) is 9.97 Å². The molecule has 1 N–H and O–H groups in total. The molecule has 2 heterocycles. The predicted octanol–water partition coefficient (Wildman–Crippen LogP) is 2.42. The van der Waals surface area contributed by atoms with Crippen LogP contribution in [0.15, 0.2) is 41.2 Å². The van der Waals surface area contributed by atoms with Gasteiger partial charge in [0.05, 0.1) is 11.9 Å². The van der Waals surface area contributed by atoms with E-state index < -0.39 is 0 Å². The Labute approximate surface area is 122 Å². The summed E-state index contributed by atoms with van der Waals surface area (Å²) in [6, 6.07) is 11.4. The molecule has 0 amide bonds. The number of rotatable bonds is 4. The maximum atomic E-state index is 12.5. The molecule has 3 aromatic rings. The highest BCUT2D eigenvalue weighted by molar-refractivity contribution is 5.75. The van der Waals surface area contributed by atoms with Crippen molar-refractivity contribution in [2.75, 3.05) is 6.61 Å². The zero-order valence-corrected chi connectivity index (χ0v) is 12.1. The number of para-hydroxylation sites is 1. The van der Waals surface area contributed by atoms with Gasteiger partial charge in [0.15, 0.2) is 0 Å². The number of nitrogens with one attached hydrogen (secondary N) is 1. The Hall–Kier alpha value is -2.56. The van der Waals surface area contributed by atoms with Gasteiger partial charge >= 0.3 is 0 Å². The summed E-state index contributed by atoms with van der Waals surface area (Å²) >= 11 is 0. The lowest BCUT2D eigenvalue weighted by atomic mass is 10.3. The number of aryl methyl sites for hydroxylation is 2. The summed E-state index contributed by atoms with van der Waals surface area (Å²) in [6.45, 7) is 4.66. The van der Waals surface area contributed by atoms with E-state index in [1.807, 2.05) is 50.2 Å². The number of hydrogen-bond donors (Lipinski definition) is 1. The molecule has 108 valence electrons. The molecule has 0 bridgehead atoms. The van der Waals surface area contributed by atoms with E-state index in [-0.39, 0.29) is 5.56 Å². The molecule has 0 atom stereocenters. The number of H-pyrrole nitrogens is 1. The van der Waals surface area contributed by atoms with Crippen molar-refractivity contribution in [2.45, 2.75) is 20.4 Å². The molecule has 0 saturated heterocycles. The van der Waals surface area contributed by atoms with Crippen molar-refractivity contribution in [1.82, 2.24) is 14.5 Å². The minimum atomic E-state index is -0.0292. The van der Waals surface area contributed by atoms with Crippen molar-refractivity contribution in [3.63, 3.8) is 0 Å². The van der Waals surface area contributed by atoms with E-state index in [9.17, 15) is 4.79 Å². The summed E-state index contributed by atoms with van der Waals surface area (Å²) in [4.78, 5) is 20.0. The first-order chi connectivity index (χ1) is 10.1. The van der Waals surface area contributed by atoms with Crippen LogP contribution in [0.3, 0.4) is 0 Å². The Morgan fingerprint density at radius 1 is 1.24 bits per heavy atom. The molecule has 0 aliphatic rings. The van der Waals surface area contributed by atoms with Crippen LogP contribution in [0.4, 0.5) is 0 Å². The molecule has 3 rings (SSSR count). The smallest absolute Gasteiger partial charge is 0.263 e. The van der Waals surface area contributed by atoms with Gasteiger partial charge in [-0.25, -0.2) is 4.98 Å². The number of aromatic nitrogens is 3. The average molecular weight is 283 g/mol. The van der Waals surface area contributed by atoms with Gasteiger partial charge in [0.2, 0.25) is 0 Å². The summed E-state index contributed by atoms with van der Waals surface area (Å²) in [7, 11) is 0. The molecule has 0 aliphatic carbocycles. The van der Waals surface area contributed by atoms with Gasteiger partial charge < -0.3 is 9.72 Å². The Bertz CT molecular complexity index is 819. The standard InChI is InChI=1S/C16H17N3O2/c1-11-10-14-15(17-11)18-12(2)19(16(14)20)8-9-21-13-6-4-3-5-7-13/h3-7,10,17H,8-9H2,1-2H3. The lowest BCUT2D eigenvalue weighted by Gasteiger charge is -2.10. The largest absolute Gasteiger partial charge is 0.492 e. The van der Waals surface area contributed by atoms with E-state index >= 15 is 0 Å². The molecule has 0 saturated carbocycles. The lowest BCUT2D eigenvalue weighted by Crippen LogP contribution is -2.26. The van der Waals surface area contributed by atoms with Crippen LogP contribution < -0.4 is 10.3 Å². The van der Waals surface area contributed by atoms with E-state index in [1.165, 1.54) is 0 Å². The number of benzene rings is 1. The highest BCUT2D eigenvalue weighted by Crippen LogP contribution is 2.10. The fourth-order valence-corrected chi connectivity index (χ4v) is 2.38. The van der Waals surface area contributed by atoms with Crippen molar-refractivity contribution >= 4 is 11.0 Å². The van der Waals surface area contributed by atoms with Gasteiger partial charge in [-0.2, -0.15) is 0 Å². The van der Waals surface area contributed by atoms with Gasteiger partial charge in [-0.1, -0.05) is 18.2 Å². The number of hydrogen-bond acceptors (Lipinski definition) is 3. The molecule has 5 nitrogen and oxygen atoms in total. The fourth-order valence-electron chi connectivity index (χ4n) is 2.38. The van der Waals surface area contributed by atoms with Crippen molar-refractivity contribution in [1.29, 1.82) is 0 Å². The Balaban J connectivity index is 1.82. The van der Waals surface area contributed by atoms with Crippen LogP contribution in [0.25, 0.3) is 11.0 Å². The van der Waals surface area contributed by atoms with Crippen LogP contribution in [0.1, 0.15) is 11.5 Å². The van der Waals surface area contributed by atoms with Gasteiger partial charge in [-0.15, -0.1) is 0 Å². The average Bonchev–Trinajstić information content (AvgIpc) is 2.84. The molecule has 2 aromatic heterocycles. The molecule has 0 fully saturated rings. The highest BCUT2D eigenvalue weighted by Gasteiger charge is 2.10. The summed E-state index contributed by atoms with van der Waals surface area (Å²) < 4.78 is 7.29. The Morgan fingerprint density at radius 2 is 2.00 bits per heavy atom. The number of fused-ring (bicyclic) bond motifs is 1. The third kappa shape index (κ3) is 2.67. The minimum Gasteiger partial charge on any atom is -0.492 e. The first-order valence-corrected chi connectivity index (χ1v) is 6.90. The van der Waals surface area contributed by atoms with Gasteiger partial charge in [0.1, 0.15) is 23.8 Å².